The number of hydrogen-bond donors (Lipinski definition) is 4. The first-order valence-corrected chi connectivity index (χ1v) is 12.4. The fourth-order valence-electron chi connectivity index (χ4n) is 4.49. The molecule has 4 rings (SSSR count). The highest BCUT2D eigenvalue weighted by Gasteiger charge is 2.39. The van der Waals surface area contributed by atoms with Crippen molar-refractivity contribution < 1.29 is 17.9 Å². The van der Waals surface area contributed by atoms with Crippen LogP contribution in [-0.4, -0.2) is 32.6 Å². The molecule has 2 saturated carbocycles. The van der Waals surface area contributed by atoms with Crippen molar-refractivity contribution in [1.82, 2.24) is 16.2 Å². The number of nitrogens with one attached hydrogen (secondary N) is 4. The molecule has 2 fully saturated rings. The van der Waals surface area contributed by atoms with Crippen LogP contribution in [0.15, 0.2) is 53.4 Å². The number of methoxy groups -OCH3 is 1. The van der Waals surface area contributed by atoms with Crippen LogP contribution < -0.4 is 25.6 Å². The maximum Gasteiger partial charge on any atom is 0.269 e. The highest BCUT2D eigenvalue weighted by molar-refractivity contribution is 7.92. The third kappa shape index (κ3) is 5.13. The van der Waals surface area contributed by atoms with E-state index >= 15 is 0 Å². The molecule has 0 radical (unpaired) electrons. The number of hydrazine groups is 1. The second-order valence-corrected chi connectivity index (χ2v) is 10.3. The predicted octanol–water partition coefficient (Wildman–Crippen LogP) is 2.79. The maximum atomic E-state index is 12.7. The fourth-order valence-corrected chi connectivity index (χ4v) is 5.80. The number of anilines is 1. The Kier molecular flexibility index (Phi) is 6.52. The van der Waals surface area contributed by atoms with E-state index in [1.54, 1.807) is 24.3 Å². The standard InChI is InChI=1S/C22H26N4O4S2/c1-30-18-9-7-17(8-10-18)26-32(28,29)19-4-2-3-16(13-19)21(27)24-25-22(31)23-20-12-14-5-6-15(20)11-14/h2-4,7-10,13-15,20,26H,5-6,11-12H2,1H3,(H,24,27)(H2,23,25,31)/t14-,15-,20-/m0/s1. The molecule has 170 valence electrons. The zero-order valence-corrected chi connectivity index (χ0v) is 19.3. The molecule has 2 aliphatic carbocycles. The Morgan fingerprint density at radius 1 is 1.06 bits per heavy atom. The average Bonchev–Trinajstić information content (AvgIpc) is 3.41. The second kappa shape index (κ2) is 9.33. The van der Waals surface area contributed by atoms with Crippen LogP contribution in [0.2, 0.25) is 0 Å². The molecule has 0 spiro atoms. The molecule has 0 aliphatic heterocycles. The highest BCUT2D eigenvalue weighted by Crippen LogP contribution is 2.44. The number of rotatable bonds is 6. The van der Waals surface area contributed by atoms with Gasteiger partial charge in [0.1, 0.15) is 5.75 Å². The van der Waals surface area contributed by atoms with Crippen LogP contribution in [0, 0.1) is 11.8 Å². The van der Waals surface area contributed by atoms with Crippen molar-refractivity contribution in [3.8, 4) is 5.75 Å². The van der Waals surface area contributed by atoms with Crippen LogP contribution in [0.4, 0.5) is 5.69 Å². The van der Waals surface area contributed by atoms with E-state index in [1.807, 2.05) is 0 Å². The van der Waals surface area contributed by atoms with Gasteiger partial charge in [-0.25, -0.2) is 8.42 Å². The maximum absolute atomic E-state index is 12.7. The first-order valence-electron chi connectivity index (χ1n) is 10.5. The molecule has 0 saturated heterocycles. The number of benzene rings is 2. The van der Waals surface area contributed by atoms with Gasteiger partial charge in [-0.15, -0.1) is 0 Å². The SMILES string of the molecule is COc1ccc(NS(=O)(=O)c2cccc(C(=O)NNC(=S)N[C@H]3C[C@H]4CC[C@H]3C4)c2)cc1. The molecule has 8 nitrogen and oxygen atoms in total. The van der Waals surface area contributed by atoms with Gasteiger partial charge in [-0.2, -0.15) is 0 Å². The van der Waals surface area contributed by atoms with Gasteiger partial charge in [-0.3, -0.25) is 20.4 Å². The lowest BCUT2D eigenvalue weighted by Crippen LogP contribution is -2.50. The molecule has 0 aromatic heterocycles. The van der Waals surface area contributed by atoms with Crippen LogP contribution in [0.1, 0.15) is 36.0 Å². The molecule has 32 heavy (non-hydrogen) atoms. The summed E-state index contributed by atoms with van der Waals surface area (Å²) < 4.78 is 33.0. The number of carbonyl (C=O) groups excluding carboxylic acids is 1. The van der Waals surface area contributed by atoms with Crippen molar-refractivity contribution in [1.29, 1.82) is 0 Å². The van der Waals surface area contributed by atoms with Crippen molar-refractivity contribution in [2.24, 2.45) is 11.8 Å². The second-order valence-electron chi connectivity index (χ2n) is 8.20. The summed E-state index contributed by atoms with van der Waals surface area (Å²) in [6.45, 7) is 0. The van der Waals surface area contributed by atoms with E-state index in [-0.39, 0.29) is 10.5 Å². The third-order valence-corrected chi connectivity index (χ3v) is 7.69. The molecule has 0 unspecified atom stereocenters. The number of ether oxygens (including phenoxy) is 1. The Morgan fingerprint density at radius 2 is 1.84 bits per heavy atom. The molecular weight excluding hydrogens is 448 g/mol. The number of fused-ring (bicyclic) bond motifs is 2. The zero-order chi connectivity index (χ0) is 22.7. The summed E-state index contributed by atoms with van der Waals surface area (Å²) in [6, 6.07) is 12.7. The minimum Gasteiger partial charge on any atom is -0.497 e. The van der Waals surface area contributed by atoms with Gasteiger partial charge in [0.2, 0.25) is 0 Å². The number of amides is 1. The van der Waals surface area contributed by atoms with E-state index in [1.165, 1.54) is 50.6 Å². The first-order chi connectivity index (χ1) is 15.3. The molecule has 2 bridgehead atoms. The third-order valence-electron chi connectivity index (χ3n) is 6.09. The summed E-state index contributed by atoms with van der Waals surface area (Å²) in [4.78, 5) is 12.5. The molecule has 2 aliphatic rings. The molecule has 2 aromatic carbocycles. The largest absolute Gasteiger partial charge is 0.497 e. The number of thiocarbonyl (C=S) groups is 1. The van der Waals surface area contributed by atoms with E-state index in [0.29, 0.717) is 28.5 Å². The predicted molar refractivity (Wildman–Crippen MR) is 126 cm³/mol. The molecule has 1 amide bonds. The minimum absolute atomic E-state index is 0.0244. The topological polar surface area (TPSA) is 109 Å². The van der Waals surface area contributed by atoms with Gasteiger partial charge in [0.05, 0.1) is 12.0 Å². The lowest BCUT2D eigenvalue weighted by Gasteiger charge is -2.24. The van der Waals surface area contributed by atoms with Crippen LogP contribution >= 0.6 is 12.2 Å². The van der Waals surface area contributed by atoms with Crippen LogP contribution in [0.5, 0.6) is 5.75 Å². The van der Waals surface area contributed by atoms with Gasteiger partial charge in [0.15, 0.2) is 5.11 Å². The lowest BCUT2D eigenvalue weighted by molar-refractivity contribution is 0.0943. The summed E-state index contributed by atoms with van der Waals surface area (Å²) in [6.07, 6.45) is 4.88. The average molecular weight is 475 g/mol. The Bertz CT molecular complexity index is 1110. The van der Waals surface area contributed by atoms with E-state index < -0.39 is 15.9 Å². The lowest BCUT2D eigenvalue weighted by atomic mass is 9.96. The summed E-state index contributed by atoms with van der Waals surface area (Å²) in [5.74, 6) is 1.57. The highest BCUT2D eigenvalue weighted by atomic mass is 32.2. The quantitative estimate of drug-likeness (QED) is 0.377. The van der Waals surface area contributed by atoms with Gasteiger partial charge < -0.3 is 10.1 Å². The Labute approximate surface area is 193 Å². The van der Waals surface area contributed by atoms with E-state index in [0.717, 1.165) is 12.3 Å². The minimum atomic E-state index is -3.87. The number of carbonyl (C=O) groups is 1. The van der Waals surface area contributed by atoms with Crippen molar-refractivity contribution in [2.75, 3.05) is 11.8 Å². The van der Waals surface area contributed by atoms with Gasteiger partial charge >= 0.3 is 0 Å². The Balaban J connectivity index is 1.34. The van der Waals surface area contributed by atoms with Gasteiger partial charge in [-0.05, 0) is 85.8 Å². The van der Waals surface area contributed by atoms with E-state index in [2.05, 4.69) is 20.9 Å². The van der Waals surface area contributed by atoms with Gasteiger partial charge in [-0.1, -0.05) is 12.5 Å². The van der Waals surface area contributed by atoms with Crippen LogP contribution in [-0.2, 0) is 10.0 Å². The fraction of sp³-hybridized carbons (Fsp3) is 0.364. The van der Waals surface area contributed by atoms with Crippen molar-refractivity contribution in [3.63, 3.8) is 0 Å². The zero-order valence-electron chi connectivity index (χ0n) is 17.6. The van der Waals surface area contributed by atoms with Crippen molar-refractivity contribution in [3.05, 3.63) is 54.1 Å². The Hall–Kier alpha value is -2.85. The van der Waals surface area contributed by atoms with Crippen LogP contribution in [0.3, 0.4) is 0 Å². The normalized spacial score (nSPS) is 21.6. The molecular formula is C22H26N4O4S2. The summed E-state index contributed by atoms with van der Waals surface area (Å²) in [5, 5.41) is 3.64. The Morgan fingerprint density at radius 3 is 2.50 bits per heavy atom. The van der Waals surface area contributed by atoms with Gasteiger partial charge in [0, 0.05) is 17.3 Å². The molecule has 4 N–H and O–H groups in total. The van der Waals surface area contributed by atoms with E-state index in [9.17, 15) is 13.2 Å². The molecule has 0 heterocycles. The molecule has 10 heteroatoms. The summed E-state index contributed by atoms with van der Waals surface area (Å²) in [7, 11) is -2.34. The van der Waals surface area contributed by atoms with E-state index in [4.69, 9.17) is 17.0 Å². The van der Waals surface area contributed by atoms with Crippen molar-refractivity contribution >= 4 is 38.9 Å². The van der Waals surface area contributed by atoms with Gasteiger partial charge in [0.25, 0.3) is 15.9 Å². The molecule has 2 aromatic rings. The smallest absolute Gasteiger partial charge is 0.269 e. The summed E-state index contributed by atoms with van der Waals surface area (Å²) >= 11 is 5.30. The first kappa shape index (κ1) is 22.3. The monoisotopic (exact) mass is 474 g/mol. The van der Waals surface area contributed by atoms with Crippen LogP contribution in [0.25, 0.3) is 0 Å². The van der Waals surface area contributed by atoms with Crippen molar-refractivity contribution in [2.45, 2.75) is 36.6 Å². The summed E-state index contributed by atoms with van der Waals surface area (Å²) in [5.41, 5.74) is 5.84. The number of sulfonamides is 1. The molecule has 3 atom stereocenters. The number of hydrogen-bond acceptors (Lipinski definition) is 5.